The van der Waals surface area contributed by atoms with Crippen LogP contribution in [0.1, 0.15) is 50.8 Å². The highest BCUT2D eigenvalue weighted by Gasteiger charge is 2.28. The van der Waals surface area contributed by atoms with Crippen LogP contribution < -0.4 is 5.32 Å². The topological polar surface area (TPSA) is 29.4 Å². The summed E-state index contributed by atoms with van der Waals surface area (Å²) in [6.07, 6.45) is 8.42. The molecular weight excluding hydrogens is 306 g/mol. The van der Waals surface area contributed by atoms with Crippen molar-refractivity contribution in [2.45, 2.75) is 51.2 Å². The van der Waals surface area contributed by atoms with Crippen LogP contribution in [-0.4, -0.2) is 40.4 Å². The van der Waals surface area contributed by atoms with E-state index in [1.807, 2.05) is 0 Å². The van der Waals surface area contributed by atoms with Crippen molar-refractivity contribution >= 4 is 17.3 Å². The van der Waals surface area contributed by atoms with Gasteiger partial charge in [-0.05, 0) is 62.4 Å². The van der Waals surface area contributed by atoms with E-state index in [9.17, 15) is 0 Å². The predicted molar refractivity (Wildman–Crippen MR) is 97.4 cm³/mol. The highest BCUT2D eigenvalue weighted by Crippen LogP contribution is 2.32. The summed E-state index contributed by atoms with van der Waals surface area (Å²) in [5.41, 5.74) is 1.36. The minimum absolute atomic E-state index is 0.326. The Hall–Kier alpha value is -1.07. The van der Waals surface area contributed by atoms with E-state index >= 15 is 0 Å². The predicted octanol–water partition coefficient (Wildman–Crippen LogP) is 3.24. The van der Waals surface area contributed by atoms with E-state index in [4.69, 9.17) is 17.0 Å². The zero-order chi connectivity index (χ0) is 16.2. The summed E-state index contributed by atoms with van der Waals surface area (Å²) in [5.74, 6) is 0.767. The SMILES string of the molecule is C[C@@H]1CC[C@@H](c2cccn2C)N(C(=S)NC[C@@H]2CCCO2)CC1. The van der Waals surface area contributed by atoms with Crippen LogP contribution in [0.25, 0.3) is 0 Å². The molecule has 2 saturated heterocycles. The molecule has 0 radical (unpaired) electrons. The number of aryl methyl sites for hydroxylation is 1. The van der Waals surface area contributed by atoms with Gasteiger partial charge in [-0.1, -0.05) is 6.92 Å². The van der Waals surface area contributed by atoms with Gasteiger partial charge in [0.2, 0.25) is 0 Å². The fourth-order valence-corrected chi connectivity index (χ4v) is 4.04. The van der Waals surface area contributed by atoms with Gasteiger partial charge in [0, 0.05) is 38.6 Å². The molecule has 0 aliphatic carbocycles. The van der Waals surface area contributed by atoms with Crippen LogP contribution in [0.15, 0.2) is 18.3 Å². The van der Waals surface area contributed by atoms with E-state index in [0.717, 1.165) is 37.1 Å². The smallest absolute Gasteiger partial charge is 0.169 e. The number of nitrogens with one attached hydrogen (secondary N) is 1. The first-order valence-electron chi connectivity index (χ1n) is 8.92. The molecule has 4 nitrogen and oxygen atoms in total. The molecule has 3 heterocycles. The fraction of sp³-hybridized carbons (Fsp3) is 0.722. The number of aromatic nitrogens is 1. The molecule has 0 aromatic carbocycles. The van der Waals surface area contributed by atoms with Crippen molar-refractivity contribution in [3.05, 3.63) is 24.0 Å². The third-order valence-electron chi connectivity index (χ3n) is 5.26. The molecule has 1 aromatic heterocycles. The summed E-state index contributed by atoms with van der Waals surface area (Å²) < 4.78 is 7.94. The van der Waals surface area contributed by atoms with Gasteiger partial charge in [-0.3, -0.25) is 0 Å². The number of nitrogens with zero attached hydrogens (tertiary/aromatic N) is 2. The van der Waals surface area contributed by atoms with Crippen LogP contribution in [0, 0.1) is 5.92 Å². The molecule has 0 spiro atoms. The number of thiocarbonyl (C=S) groups is 1. The second kappa shape index (κ2) is 7.67. The summed E-state index contributed by atoms with van der Waals surface area (Å²) >= 11 is 5.75. The Bertz CT molecular complexity index is 524. The molecule has 0 amide bonds. The monoisotopic (exact) mass is 335 g/mol. The first-order chi connectivity index (χ1) is 11.1. The van der Waals surface area contributed by atoms with Gasteiger partial charge >= 0.3 is 0 Å². The fourth-order valence-electron chi connectivity index (χ4n) is 3.74. The molecule has 23 heavy (non-hydrogen) atoms. The first-order valence-corrected chi connectivity index (χ1v) is 9.33. The van der Waals surface area contributed by atoms with Crippen LogP contribution >= 0.6 is 12.2 Å². The van der Waals surface area contributed by atoms with Gasteiger partial charge in [-0.15, -0.1) is 0 Å². The lowest BCUT2D eigenvalue weighted by atomic mass is 10.0. The lowest BCUT2D eigenvalue weighted by Gasteiger charge is -2.33. The lowest BCUT2D eigenvalue weighted by molar-refractivity contribution is 0.113. The lowest BCUT2D eigenvalue weighted by Crippen LogP contribution is -2.44. The highest BCUT2D eigenvalue weighted by molar-refractivity contribution is 7.80. The Morgan fingerprint density at radius 2 is 2.22 bits per heavy atom. The highest BCUT2D eigenvalue weighted by atomic mass is 32.1. The average Bonchev–Trinajstić information content (AvgIpc) is 3.16. The molecule has 2 fully saturated rings. The van der Waals surface area contributed by atoms with Gasteiger partial charge in [0.25, 0.3) is 0 Å². The summed E-state index contributed by atoms with van der Waals surface area (Å²) in [5, 5.41) is 4.36. The van der Waals surface area contributed by atoms with Crippen molar-refractivity contribution in [1.29, 1.82) is 0 Å². The van der Waals surface area contributed by atoms with Gasteiger partial charge in [-0.2, -0.15) is 0 Å². The Morgan fingerprint density at radius 1 is 1.35 bits per heavy atom. The molecular formula is C18H29N3OS. The maximum absolute atomic E-state index is 5.75. The summed E-state index contributed by atoms with van der Waals surface area (Å²) in [4.78, 5) is 2.41. The van der Waals surface area contributed by atoms with Gasteiger partial charge < -0.3 is 19.5 Å². The molecule has 1 N–H and O–H groups in total. The largest absolute Gasteiger partial charge is 0.376 e. The minimum atomic E-state index is 0.326. The normalized spacial score (nSPS) is 28.6. The van der Waals surface area contributed by atoms with Crippen LogP contribution in [0.4, 0.5) is 0 Å². The van der Waals surface area contributed by atoms with Gasteiger partial charge in [0.15, 0.2) is 5.11 Å². The molecule has 5 heteroatoms. The number of hydrogen-bond donors (Lipinski definition) is 1. The third-order valence-corrected chi connectivity index (χ3v) is 5.64. The van der Waals surface area contributed by atoms with Crippen molar-refractivity contribution in [3.63, 3.8) is 0 Å². The molecule has 3 atom stereocenters. The Morgan fingerprint density at radius 3 is 2.91 bits per heavy atom. The first kappa shape index (κ1) is 16.8. The molecule has 0 bridgehead atoms. The molecule has 2 aliphatic heterocycles. The molecule has 0 unspecified atom stereocenters. The Balaban J connectivity index is 1.69. The zero-order valence-electron chi connectivity index (χ0n) is 14.3. The summed E-state index contributed by atoms with van der Waals surface area (Å²) in [7, 11) is 2.13. The average molecular weight is 336 g/mol. The van der Waals surface area contributed by atoms with Crippen molar-refractivity contribution in [2.24, 2.45) is 13.0 Å². The number of ether oxygens (including phenoxy) is 1. The van der Waals surface area contributed by atoms with Crippen molar-refractivity contribution in [3.8, 4) is 0 Å². The molecule has 1 aromatic rings. The van der Waals surface area contributed by atoms with Crippen LogP contribution in [-0.2, 0) is 11.8 Å². The van der Waals surface area contributed by atoms with E-state index in [0.29, 0.717) is 12.1 Å². The summed E-state index contributed by atoms with van der Waals surface area (Å²) in [6, 6.07) is 4.74. The summed E-state index contributed by atoms with van der Waals surface area (Å²) in [6.45, 7) is 5.12. The Labute approximate surface area is 145 Å². The molecule has 3 rings (SSSR count). The minimum Gasteiger partial charge on any atom is -0.376 e. The van der Waals surface area contributed by atoms with Crippen LogP contribution in [0.3, 0.4) is 0 Å². The van der Waals surface area contributed by atoms with Crippen LogP contribution in [0.5, 0.6) is 0 Å². The van der Waals surface area contributed by atoms with E-state index < -0.39 is 0 Å². The van der Waals surface area contributed by atoms with E-state index in [-0.39, 0.29) is 0 Å². The van der Waals surface area contributed by atoms with Gasteiger partial charge in [-0.25, -0.2) is 0 Å². The molecule has 128 valence electrons. The number of hydrogen-bond acceptors (Lipinski definition) is 2. The van der Waals surface area contributed by atoms with Crippen molar-refractivity contribution < 1.29 is 4.74 Å². The zero-order valence-corrected chi connectivity index (χ0v) is 15.1. The maximum atomic E-state index is 5.75. The standard InChI is InChI=1S/C18H29N3OS/c1-14-7-8-17(16-6-3-10-20(16)2)21(11-9-14)18(23)19-13-15-5-4-12-22-15/h3,6,10,14-15,17H,4-5,7-9,11-13H2,1-2H3,(H,19,23)/t14-,15+,17+/m1/s1. The third kappa shape index (κ3) is 4.07. The number of likely N-dealkylation sites (tertiary alicyclic amines) is 1. The van der Waals surface area contributed by atoms with Gasteiger partial charge in [0.05, 0.1) is 12.1 Å². The van der Waals surface area contributed by atoms with Gasteiger partial charge in [0.1, 0.15) is 0 Å². The van der Waals surface area contributed by atoms with Crippen molar-refractivity contribution in [1.82, 2.24) is 14.8 Å². The van der Waals surface area contributed by atoms with E-state index in [1.54, 1.807) is 0 Å². The van der Waals surface area contributed by atoms with E-state index in [2.05, 4.69) is 47.1 Å². The van der Waals surface area contributed by atoms with Crippen LogP contribution in [0.2, 0.25) is 0 Å². The quantitative estimate of drug-likeness (QED) is 0.859. The molecule has 2 aliphatic rings. The number of rotatable bonds is 3. The second-order valence-corrected chi connectivity index (χ2v) is 7.43. The van der Waals surface area contributed by atoms with Crippen molar-refractivity contribution in [2.75, 3.05) is 19.7 Å². The maximum Gasteiger partial charge on any atom is 0.169 e. The second-order valence-electron chi connectivity index (χ2n) is 7.05. The van der Waals surface area contributed by atoms with E-state index in [1.165, 1.54) is 31.4 Å². The molecule has 0 saturated carbocycles. The Kier molecular flexibility index (Phi) is 5.59.